The van der Waals surface area contributed by atoms with Gasteiger partial charge in [0.1, 0.15) is 13.2 Å². The van der Waals surface area contributed by atoms with E-state index in [2.05, 4.69) is 69.4 Å². The minimum absolute atomic E-state index is 0.103. The summed E-state index contributed by atoms with van der Waals surface area (Å²) in [5, 5.41) is 0. The summed E-state index contributed by atoms with van der Waals surface area (Å²) in [5.41, 5.74) is 0. The molecular formula is C59H104O6. The topological polar surface area (TPSA) is 78.9 Å². The summed E-state index contributed by atoms with van der Waals surface area (Å²) in [6, 6.07) is 0. The first kappa shape index (κ1) is 62.1. The van der Waals surface area contributed by atoms with Crippen LogP contribution in [0.4, 0.5) is 0 Å². The van der Waals surface area contributed by atoms with Crippen LogP contribution in [0.25, 0.3) is 0 Å². The van der Waals surface area contributed by atoms with Crippen molar-refractivity contribution in [3.63, 3.8) is 0 Å². The van der Waals surface area contributed by atoms with E-state index < -0.39 is 6.10 Å². The van der Waals surface area contributed by atoms with Crippen LogP contribution in [-0.2, 0) is 28.6 Å². The second-order valence-corrected chi connectivity index (χ2v) is 18.5. The van der Waals surface area contributed by atoms with Gasteiger partial charge in [0.2, 0.25) is 0 Å². The standard InChI is InChI=1S/C59H104O6/c1-4-7-10-13-16-19-22-24-25-26-27-28-29-30-31-32-33-35-37-40-43-46-49-52-58(61)64-55-56(54-63-57(60)51-48-45-42-39-36-21-18-15-12-9-6-3)65-59(62)53-50-47-44-41-38-34-23-20-17-14-11-8-5-2/h8,11,15,17-18,20,34,38,44,47,56H,4-7,9-10,12-14,16,19,21-33,35-37,39-43,45-46,48-55H2,1-3H3/b11-8-,18-15-,20-17-,38-34-,47-44-. The normalized spacial score (nSPS) is 12.5. The molecule has 0 aromatic heterocycles. The van der Waals surface area contributed by atoms with Crippen LogP contribution in [0.2, 0.25) is 0 Å². The van der Waals surface area contributed by atoms with E-state index in [1.54, 1.807) is 0 Å². The molecule has 1 atom stereocenters. The Hall–Kier alpha value is -2.89. The highest BCUT2D eigenvalue weighted by Crippen LogP contribution is 2.16. The molecule has 0 N–H and O–H groups in total. The summed E-state index contributed by atoms with van der Waals surface area (Å²) in [7, 11) is 0. The summed E-state index contributed by atoms with van der Waals surface area (Å²) >= 11 is 0. The molecule has 0 saturated carbocycles. The van der Waals surface area contributed by atoms with E-state index in [1.165, 1.54) is 154 Å². The Bertz CT molecular complexity index is 1180. The fraction of sp³-hybridized carbons (Fsp3) is 0.780. The molecule has 0 heterocycles. The van der Waals surface area contributed by atoms with Crippen LogP contribution in [0.3, 0.4) is 0 Å². The van der Waals surface area contributed by atoms with Gasteiger partial charge in [-0.3, -0.25) is 14.4 Å². The Morgan fingerprint density at radius 3 is 1.05 bits per heavy atom. The molecule has 0 aromatic rings. The predicted octanol–water partition coefficient (Wildman–Crippen LogP) is 18.4. The van der Waals surface area contributed by atoms with Crippen molar-refractivity contribution in [2.24, 2.45) is 0 Å². The van der Waals surface area contributed by atoms with Crippen LogP contribution in [-0.4, -0.2) is 37.2 Å². The van der Waals surface area contributed by atoms with Gasteiger partial charge < -0.3 is 14.2 Å². The minimum atomic E-state index is -0.812. The quantitative estimate of drug-likeness (QED) is 0.0262. The lowest BCUT2D eigenvalue weighted by Crippen LogP contribution is -2.30. The zero-order chi connectivity index (χ0) is 47.2. The number of hydrogen-bond donors (Lipinski definition) is 0. The lowest BCUT2D eigenvalue weighted by molar-refractivity contribution is -0.166. The van der Waals surface area contributed by atoms with Gasteiger partial charge in [-0.2, -0.15) is 0 Å². The van der Waals surface area contributed by atoms with Gasteiger partial charge in [0.05, 0.1) is 0 Å². The van der Waals surface area contributed by atoms with Crippen molar-refractivity contribution in [3.05, 3.63) is 60.8 Å². The zero-order valence-corrected chi connectivity index (χ0v) is 43.0. The van der Waals surface area contributed by atoms with Crippen LogP contribution < -0.4 is 0 Å². The van der Waals surface area contributed by atoms with Gasteiger partial charge in [0.25, 0.3) is 0 Å². The summed E-state index contributed by atoms with van der Waals surface area (Å²) in [4.78, 5) is 37.9. The molecule has 0 rings (SSSR count). The Kier molecular flexibility index (Phi) is 51.3. The van der Waals surface area contributed by atoms with Gasteiger partial charge in [-0.05, 0) is 64.2 Å². The van der Waals surface area contributed by atoms with Crippen molar-refractivity contribution in [3.8, 4) is 0 Å². The number of rotatable bonds is 50. The molecule has 1 unspecified atom stereocenters. The summed E-state index contributed by atoms with van der Waals surface area (Å²) in [5.74, 6) is -0.988. The molecule has 6 heteroatoms. The van der Waals surface area contributed by atoms with Crippen molar-refractivity contribution in [1.82, 2.24) is 0 Å². The van der Waals surface area contributed by atoms with E-state index in [9.17, 15) is 14.4 Å². The highest BCUT2D eigenvalue weighted by atomic mass is 16.6. The lowest BCUT2D eigenvalue weighted by Gasteiger charge is -2.18. The third-order valence-corrected chi connectivity index (χ3v) is 12.0. The first-order valence-electron chi connectivity index (χ1n) is 27.8. The number of hydrogen-bond acceptors (Lipinski definition) is 6. The van der Waals surface area contributed by atoms with Crippen molar-refractivity contribution in [1.29, 1.82) is 0 Å². The van der Waals surface area contributed by atoms with Crippen LogP contribution in [0.5, 0.6) is 0 Å². The van der Waals surface area contributed by atoms with Crippen LogP contribution in [0.1, 0.15) is 278 Å². The minimum Gasteiger partial charge on any atom is -0.462 e. The number of carbonyl (C=O) groups excluding carboxylic acids is 3. The fourth-order valence-electron chi connectivity index (χ4n) is 7.85. The average Bonchev–Trinajstić information content (AvgIpc) is 3.30. The number of allylic oxidation sites excluding steroid dienone is 10. The smallest absolute Gasteiger partial charge is 0.306 e. The van der Waals surface area contributed by atoms with Crippen LogP contribution >= 0.6 is 0 Å². The van der Waals surface area contributed by atoms with E-state index in [0.29, 0.717) is 19.3 Å². The van der Waals surface area contributed by atoms with E-state index in [0.717, 1.165) is 77.0 Å². The lowest BCUT2D eigenvalue weighted by atomic mass is 10.0. The SMILES string of the molecule is CC/C=C\C/C=C\C/C=C\C/C=C\CCC(=O)OC(COC(=O)CCCCCCC/C=C\CCCC)COC(=O)CCCCCCCCCCCCCCCCCCCCCCCCC. The Morgan fingerprint density at radius 2 is 0.646 bits per heavy atom. The summed E-state index contributed by atoms with van der Waals surface area (Å²) in [6.45, 7) is 6.44. The van der Waals surface area contributed by atoms with Crippen molar-refractivity contribution < 1.29 is 28.6 Å². The van der Waals surface area contributed by atoms with E-state index in [-0.39, 0.29) is 37.5 Å². The maximum absolute atomic E-state index is 12.7. The van der Waals surface area contributed by atoms with Gasteiger partial charge in [0.15, 0.2) is 6.10 Å². The van der Waals surface area contributed by atoms with Gasteiger partial charge in [-0.25, -0.2) is 0 Å². The second kappa shape index (κ2) is 53.7. The number of ether oxygens (including phenoxy) is 3. The molecule has 0 radical (unpaired) electrons. The van der Waals surface area contributed by atoms with Gasteiger partial charge in [-0.1, -0.05) is 255 Å². The molecule has 0 aliphatic rings. The molecule has 0 aliphatic carbocycles. The number of esters is 3. The maximum atomic E-state index is 12.7. The van der Waals surface area contributed by atoms with Gasteiger partial charge >= 0.3 is 17.9 Å². The molecule has 376 valence electrons. The number of carbonyl (C=O) groups is 3. The first-order valence-corrected chi connectivity index (χ1v) is 27.8. The molecule has 0 fully saturated rings. The molecule has 6 nitrogen and oxygen atoms in total. The highest BCUT2D eigenvalue weighted by Gasteiger charge is 2.19. The first-order chi connectivity index (χ1) is 32.0. The monoisotopic (exact) mass is 909 g/mol. The van der Waals surface area contributed by atoms with Crippen molar-refractivity contribution in [2.75, 3.05) is 13.2 Å². The predicted molar refractivity (Wildman–Crippen MR) is 279 cm³/mol. The van der Waals surface area contributed by atoms with E-state index in [1.807, 2.05) is 12.2 Å². The largest absolute Gasteiger partial charge is 0.462 e. The van der Waals surface area contributed by atoms with E-state index in [4.69, 9.17) is 14.2 Å². The molecular weight excluding hydrogens is 805 g/mol. The van der Waals surface area contributed by atoms with Crippen LogP contribution in [0.15, 0.2) is 60.8 Å². The average molecular weight is 909 g/mol. The van der Waals surface area contributed by atoms with Crippen molar-refractivity contribution in [2.45, 2.75) is 284 Å². The van der Waals surface area contributed by atoms with Crippen molar-refractivity contribution >= 4 is 17.9 Å². The molecule has 0 spiro atoms. The zero-order valence-electron chi connectivity index (χ0n) is 43.0. The maximum Gasteiger partial charge on any atom is 0.306 e. The second-order valence-electron chi connectivity index (χ2n) is 18.5. The van der Waals surface area contributed by atoms with Gasteiger partial charge in [0, 0.05) is 19.3 Å². The molecule has 0 aromatic carbocycles. The molecule has 0 bridgehead atoms. The summed E-state index contributed by atoms with van der Waals surface area (Å²) in [6.07, 6.45) is 66.7. The highest BCUT2D eigenvalue weighted by molar-refractivity contribution is 5.71. The Balaban J connectivity index is 4.27. The molecule has 0 aliphatic heterocycles. The third kappa shape index (κ3) is 51.9. The fourth-order valence-corrected chi connectivity index (χ4v) is 7.85. The third-order valence-electron chi connectivity index (χ3n) is 12.0. The van der Waals surface area contributed by atoms with Crippen LogP contribution in [0, 0.1) is 0 Å². The molecule has 65 heavy (non-hydrogen) atoms. The summed E-state index contributed by atoms with van der Waals surface area (Å²) < 4.78 is 16.7. The molecule has 0 saturated heterocycles. The number of unbranched alkanes of at least 4 members (excludes halogenated alkanes) is 29. The Morgan fingerprint density at radius 1 is 0.323 bits per heavy atom. The molecule has 0 amide bonds. The Labute approximate surface area is 402 Å². The van der Waals surface area contributed by atoms with E-state index >= 15 is 0 Å². The van der Waals surface area contributed by atoms with Gasteiger partial charge in [-0.15, -0.1) is 0 Å².